The van der Waals surface area contributed by atoms with Crippen molar-refractivity contribution in [2.24, 2.45) is 0 Å². The van der Waals surface area contributed by atoms with Crippen LogP contribution in [-0.2, 0) is 11.2 Å². The highest BCUT2D eigenvalue weighted by Crippen LogP contribution is 2.27. The molecule has 0 spiro atoms. The Balaban J connectivity index is 2.23. The summed E-state index contributed by atoms with van der Waals surface area (Å²) in [7, 11) is 1.95. The molecule has 1 aliphatic heterocycles. The molecule has 0 fully saturated rings. The minimum absolute atomic E-state index is 0.248. The molecule has 3 nitrogen and oxygen atoms in total. The van der Waals surface area contributed by atoms with Crippen molar-refractivity contribution < 1.29 is 4.79 Å². The highest BCUT2D eigenvalue weighted by molar-refractivity contribution is 5.96. The van der Waals surface area contributed by atoms with Gasteiger partial charge in [0.25, 0.3) is 0 Å². The molecule has 92 valence electrons. The van der Waals surface area contributed by atoms with E-state index in [0.29, 0.717) is 12.5 Å². The van der Waals surface area contributed by atoms with Crippen molar-refractivity contribution in [3.8, 4) is 0 Å². The molecule has 1 aromatic rings. The third kappa shape index (κ3) is 2.50. The van der Waals surface area contributed by atoms with E-state index >= 15 is 0 Å². The smallest absolute Gasteiger partial charge is 0.227 e. The van der Waals surface area contributed by atoms with Crippen LogP contribution < -0.4 is 10.2 Å². The number of likely N-dealkylation sites (N-methyl/N-ethyl adjacent to an activating group) is 1. The number of fused-ring (bicyclic) bond motifs is 1. The number of amides is 1. The van der Waals surface area contributed by atoms with Gasteiger partial charge in [0.1, 0.15) is 0 Å². The van der Waals surface area contributed by atoms with E-state index in [9.17, 15) is 4.79 Å². The van der Waals surface area contributed by atoms with Crippen LogP contribution in [0.25, 0.3) is 0 Å². The maximum Gasteiger partial charge on any atom is 0.227 e. The Morgan fingerprint density at radius 1 is 1.35 bits per heavy atom. The molecule has 1 N–H and O–H groups in total. The van der Waals surface area contributed by atoms with E-state index in [1.54, 1.807) is 0 Å². The van der Waals surface area contributed by atoms with E-state index in [-0.39, 0.29) is 5.91 Å². The van der Waals surface area contributed by atoms with Gasteiger partial charge in [-0.1, -0.05) is 25.1 Å². The summed E-state index contributed by atoms with van der Waals surface area (Å²) in [5.41, 5.74) is 2.38. The van der Waals surface area contributed by atoms with Crippen molar-refractivity contribution in [2.75, 3.05) is 18.5 Å². The lowest BCUT2D eigenvalue weighted by atomic mass is 10.0. The number of hydrogen-bond donors (Lipinski definition) is 1. The van der Waals surface area contributed by atoms with Crippen molar-refractivity contribution in [1.82, 2.24) is 5.32 Å². The van der Waals surface area contributed by atoms with E-state index < -0.39 is 0 Å². The number of hydrogen-bond acceptors (Lipinski definition) is 2. The van der Waals surface area contributed by atoms with Crippen LogP contribution in [0.15, 0.2) is 24.3 Å². The SMILES string of the molecule is CCC(CN1C(=O)CCc2ccccc21)NC. The summed E-state index contributed by atoms with van der Waals surface area (Å²) in [4.78, 5) is 14.0. The zero-order valence-corrected chi connectivity index (χ0v) is 10.6. The van der Waals surface area contributed by atoms with Gasteiger partial charge in [0.05, 0.1) is 0 Å². The fourth-order valence-corrected chi connectivity index (χ4v) is 2.34. The topological polar surface area (TPSA) is 32.3 Å². The Morgan fingerprint density at radius 2 is 2.12 bits per heavy atom. The van der Waals surface area contributed by atoms with E-state index in [1.165, 1.54) is 5.56 Å². The average molecular weight is 232 g/mol. The number of nitrogens with one attached hydrogen (secondary N) is 1. The van der Waals surface area contributed by atoms with Gasteiger partial charge >= 0.3 is 0 Å². The Hall–Kier alpha value is -1.35. The van der Waals surface area contributed by atoms with Gasteiger partial charge in [-0.2, -0.15) is 0 Å². The zero-order chi connectivity index (χ0) is 12.3. The predicted octanol–water partition coefficient (Wildman–Crippen LogP) is 1.96. The molecular weight excluding hydrogens is 212 g/mol. The molecule has 3 heteroatoms. The van der Waals surface area contributed by atoms with Crippen LogP contribution in [0.3, 0.4) is 0 Å². The maximum atomic E-state index is 12.0. The summed E-state index contributed by atoms with van der Waals surface area (Å²) < 4.78 is 0. The first-order valence-electron chi connectivity index (χ1n) is 6.31. The van der Waals surface area contributed by atoms with E-state index in [4.69, 9.17) is 0 Å². The fraction of sp³-hybridized carbons (Fsp3) is 0.500. The van der Waals surface area contributed by atoms with Crippen LogP contribution in [-0.4, -0.2) is 25.5 Å². The number of carbonyl (C=O) groups excluding carboxylic acids is 1. The Morgan fingerprint density at radius 3 is 2.82 bits per heavy atom. The minimum Gasteiger partial charge on any atom is -0.315 e. The number of anilines is 1. The largest absolute Gasteiger partial charge is 0.315 e. The summed E-state index contributed by atoms with van der Waals surface area (Å²) in [5, 5.41) is 3.26. The van der Waals surface area contributed by atoms with Gasteiger partial charge in [-0.3, -0.25) is 4.79 Å². The van der Waals surface area contributed by atoms with Crippen molar-refractivity contribution in [3.63, 3.8) is 0 Å². The molecule has 1 atom stereocenters. The fourth-order valence-electron chi connectivity index (χ4n) is 2.34. The van der Waals surface area contributed by atoms with Crippen LogP contribution >= 0.6 is 0 Å². The van der Waals surface area contributed by atoms with Crippen molar-refractivity contribution in [3.05, 3.63) is 29.8 Å². The molecule has 1 aromatic carbocycles. The van der Waals surface area contributed by atoms with E-state index in [0.717, 1.165) is 25.1 Å². The number of nitrogens with zero attached hydrogens (tertiary/aromatic N) is 1. The second kappa shape index (κ2) is 5.32. The Kier molecular flexibility index (Phi) is 3.79. The number of rotatable bonds is 4. The Bertz CT molecular complexity index is 399. The van der Waals surface area contributed by atoms with Gasteiger partial charge in [-0.05, 0) is 31.5 Å². The molecule has 0 radical (unpaired) electrons. The monoisotopic (exact) mass is 232 g/mol. The van der Waals surface area contributed by atoms with Crippen LogP contribution in [0, 0.1) is 0 Å². The standard InChI is InChI=1S/C14H20N2O/c1-3-12(15-2)10-16-13-7-5-4-6-11(13)8-9-14(16)17/h4-7,12,15H,3,8-10H2,1-2H3. The third-order valence-corrected chi connectivity index (χ3v) is 3.50. The molecule has 2 rings (SSSR count). The highest BCUT2D eigenvalue weighted by atomic mass is 16.2. The maximum absolute atomic E-state index is 12.0. The minimum atomic E-state index is 0.248. The second-order valence-electron chi connectivity index (χ2n) is 4.53. The first-order chi connectivity index (χ1) is 8.26. The lowest BCUT2D eigenvalue weighted by Crippen LogP contribution is -2.44. The lowest BCUT2D eigenvalue weighted by Gasteiger charge is -2.32. The molecule has 1 aliphatic rings. The van der Waals surface area contributed by atoms with Crippen molar-refractivity contribution in [1.29, 1.82) is 0 Å². The summed E-state index contributed by atoms with van der Waals surface area (Å²) in [6.07, 6.45) is 2.54. The Labute approximate surface area is 103 Å². The quantitative estimate of drug-likeness (QED) is 0.860. The summed E-state index contributed by atoms with van der Waals surface area (Å²) in [6, 6.07) is 8.58. The highest BCUT2D eigenvalue weighted by Gasteiger charge is 2.25. The van der Waals surface area contributed by atoms with Crippen molar-refractivity contribution >= 4 is 11.6 Å². The van der Waals surface area contributed by atoms with Gasteiger partial charge in [0.2, 0.25) is 5.91 Å². The normalized spacial score (nSPS) is 16.8. The molecule has 17 heavy (non-hydrogen) atoms. The first kappa shape index (κ1) is 12.1. The number of para-hydroxylation sites is 1. The number of aryl methyl sites for hydroxylation is 1. The summed E-state index contributed by atoms with van der Waals surface area (Å²) >= 11 is 0. The molecule has 1 heterocycles. The van der Waals surface area contributed by atoms with Gasteiger partial charge < -0.3 is 10.2 Å². The third-order valence-electron chi connectivity index (χ3n) is 3.50. The van der Waals surface area contributed by atoms with Gasteiger partial charge in [-0.15, -0.1) is 0 Å². The van der Waals surface area contributed by atoms with Crippen LogP contribution in [0.2, 0.25) is 0 Å². The van der Waals surface area contributed by atoms with Crippen LogP contribution in [0.5, 0.6) is 0 Å². The molecular formula is C14H20N2O. The molecule has 1 amide bonds. The lowest BCUT2D eigenvalue weighted by molar-refractivity contribution is -0.119. The number of carbonyl (C=O) groups is 1. The first-order valence-corrected chi connectivity index (χ1v) is 6.31. The van der Waals surface area contributed by atoms with Gasteiger partial charge in [-0.25, -0.2) is 0 Å². The van der Waals surface area contributed by atoms with Crippen LogP contribution in [0.4, 0.5) is 5.69 Å². The molecule has 1 unspecified atom stereocenters. The van der Waals surface area contributed by atoms with Crippen LogP contribution in [0.1, 0.15) is 25.3 Å². The molecule has 0 saturated carbocycles. The van der Waals surface area contributed by atoms with Crippen molar-refractivity contribution in [2.45, 2.75) is 32.2 Å². The van der Waals surface area contributed by atoms with E-state index in [2.05, 4.69) is 24.4 Å². The summed E-state index contributed by atoms with van der Waals surface area (Å²) in [5.74, 6) is 0.248. The summed E-state index contributed by atoms with van der Waals surface area (Å²) in [6.45, 7) is 2.91. The predicted molar refractivity (Wildman–Crippen MR) is 70.3 cm³/mol. The molecule has 0 aromatic heterocycles. The van der Waals surface area contributed by atoms with Gasteiger partial charge in [0.15, 0.2) is 0 Å². The zero-order valence-electron chi connectivity index (χ0n) is 10.6. The second-order valence-corrected chi connectivity index (χ2v) is 4.53. The number of benzene rings is 1. The van der Waals surface area contributed by atoms with Gasteiger partial charge in [0, 0.05) is 24.7 Å². The average Bonchev–Trinajstić information content (AvgIpc) is 2.38. The molecule has 0 bridgehead atoms. The molecule has 0 saturated heterocycles. The molecule has 0 aliphatic carbocycles. The van der Waals surface area contributed by atoms with E-state index in [1.807, 2.05) is 24.1 Å².